The van der Waals surface area contributed by atoms with E-state index >= 15 is 0 Å². The fraction of sp³-hybridized carbons (Fsp3) is 0.449. The summed E-state index contributed by atoms with van der Waals surface area (Å²) in [4.78, 5) is 25.4. The van der Waals surface area contributed by atoms with Crippen molar-refractivity contribution in [1.82, 2.24) is 5.32 Å². The van der Waals surface area contributed by atoms with Gasteiger partial charge in [0.25, 0.3) is 0 Å². The molecule has 2 aliphatic heterocycles. The summed E-state index contributed by atoms with van der Waals surface area (Å²) in [7, 11) is 0. The number of Topliss-reactive ketones (excluding diaryl/α,β-unsaturated/α-hetero) is 1. The number of rotatable bonds is 32. The third-order valence-corrected chi connectivity index (χ3v) is 10.9. The number of ether oxygens (including phenoxy) is 10. The van der Waals surface area contributed by atoms with E-state index in [0.29, 0.717) is 181 Å². The molecule has 2 heterocycles. The molecular weight excluding hydrogens is 885 g/mol. The van der Waals surface area contributed by atoms with Crippen molar-refractivity contribution in [3.63, 3.8) is 0 Å². The molecule has 4 aromatic rings. The van der Waals surface area contributed by atoms with E-state index in [2.05, 4.69) is 10.6 Å². The van der Waals surface area contributed by atoms with Gasteiger partial charge in [-0.05, 0) is 79.2 Å². The molecule has 0 aromatic heterocycles. The summed E-state index contributed by atoms with van der Waals surface area (Å²) in [6, 6.07) is 23.1. The zero-order chi connectivity index (χ0) is 47.1. The summed E-state index contributed by atoms with van der Waals surface area (Å²) in [6.45, 7) is 7.55. The SMILES string of the molecule is Nc1ccc2c(c1)Oc1cc(N)ccc1C21OC(=O)c2cc(NC(=S)NCCOCCOCCOCCOCCOCCOCCOCCOCCC(=O)CCCc3ccc(O)cc3)ccc21. The van der Waals surface area contributed by atoms with E-state index in [0.717, 1.165) is 18.4 Å². The first-order valence-corrected chi connectivity index (χ1v) is 23.0. The van der Waals surface area contributed by atoms with Crippen molar-refractivity contribution in [2.45, 2.75) is 31.3 Å². The van der Waals surface area contributed by atoms with Gasteiger partial charge in [-0.15, -0.1) is 0 Å². The number of carbonyl (C=O) groups is 2. The summed E-state index contributed by atoms with van der Waals surface area (Å²) >= 11 is 5.49. The van der Waals surface area contributed by atoms with Crippen LogP contribution < -0.4 is 26.8 Å². The molecule has 0 saturated carbocycles. The highest BCUT2D eigenvalue weighted by Gasteiger charge is 2.53. The van der Waals surface area contributed by atoms with Crippen molar-refractivity contribution >= 4 is 46.1 Å². The number of carbonyl (C=O) groups excluding carboxylic acids is 2. The number of phenols is 1. The number of anilines is 3. The van der Waals surface area contributed by atoms with Gasteiger partial charge in [-0.3, -0.25) is 4.79 Å². The standard InChI is InChI=1S/C49H62N4O13S/c50-36-6-11-43-45(32-36)65-46-33-37(51)7-12-44(46)49(43)42-13-8-38(34-41(42)47(56)66-49)53-48(67)52-15-17-58-19-21-60-23-25-62-27-29-64-31-30-63-28-26-61-24-22-59-20-18-57-16-14-39(54)3-1-2-35-4-9-40(55)10-5-35/h4-13,32-34,55H,1-3,14-31,50-51H2,(H2,52,53,67). The number of phenolic OH excluding ortho intramolecular Hbond substituents is 1. The monoisotopic (exact) mass is 946 g/mol. The quantitative estimate of drug-likeness (QED) is 0.0176. The van der Waals surface area contributed by atoms with Crippen LogP contribution in [0, 0.1) is 0 Å². The topological polar surface area (TPSA) is 223 Å². The van der Waals surface area contributed by atoms with Crippen molar-refractivity contribution in [1.29, 1.82) is 0 Å². The molecule has 67 heavy (non-hydrogen) atoms. The molecule has 0 aliphatic carbocycles. The van der Waals surface area contributed by atoms with Crippen LogP contribution in [0.15, 0.2) is 78.9 Å². The van der Waals surface area contributed by atoms with Crippen LogP contribution in [-0.4, -0.2) is 134 Å². The Hall–Kier alpha value is -5.41. The molecule has 0 bridgehead atoms. The number of nitrogen functional groups attached to an aromatic ring is 2. The van der Waals surface area contributed by atoms with Crippen LogP contribution in [0.5, 0.6) is 17.2 Å². The Balaban J connectivity index is 0.686. The lowest BCUT2D eigenvalue weighted by Crippen LogP contribution is -2.33. The Morgan fingerprint density at radius 1 is 0.597 bits per heavy atom. The number of nitrogens with two attached hydrogens (primary N) is 2. The maximum absolute atomic E-state index is 13.4. The lowest BCUT2D eigenvalue weighted by Gasteiger charge is -2.36. The number of ketones is 1. The normalized spacial score (nSPS) is 13.1. The van der Waals surface area contributed by atoms with E-state index in [9.17, 15) is 14.7 Å². The zero-order valence-corrected chi connectivity index (χ0v) is 38.6. The molecule has 0 saturated heterocycles. The smallest absolute Gasteiger partial charge is 0.340 e. The molecule has 4 aromatic carbocycles. The average Bonchev–Trinajstić information content (AvgIpc) is 3.59. The largest absolute Gasteiger partial charge is 0.508 e. The van der Waals surface area contributed by atoms with E-state index in [1.807, 2.05) is 36.4 Å². The minimum atomic E-state index is -1.23. The number of benzene rings is 4. The maximum atomic E-state index is 13.4. The van der Waals surface area contributed by atoms with Crippen LogP contribution in [0.3, 0.4) is 0 Å². The van der Waals surface area contributed by atoms with Gasteiger partial charge in [0.1, 0.15) is 23.0 Å². The number of hydrogen-bond donors (Lipinski definition) is 5. The van der Waals surface area contributed by atoms with Gasteiger partial charge >= 0.3 is 5.97 Å². The van der Waals surface area contributed by atoms with Gasteiger partial charge in [0.15, 0.2) is 10.7 Å². The second kappa shape index (κ2) is 27.4. The number of thiocarbonyl (C=S) groups is 1. The van der Waals surface area contributed by atoms with Crippen molar-refractivity contribution in [2.24, 2.45) is 0 Å². The Bertz CT molecular complexity index is 2140. The Morgan fingerprint density at radius 3 is 1.60 bits per heavy atom. The van der Waals surface area contributed by atoms with Gasteiger partial charge in [0, 0.05) is 65.3 Å². The van der Waals surface area contributed by atoms with Crippen molar-refractivity contribution in [3.05, 3.63) is 107 Å². The van der Waals surface area contributed by atoms with Gasteiger partial charge in [-0.2, -0.15) is 0 Å². The molecule has 1 spiro atoms. The number of hydrogen-bond acceptors (Lipinski definition) is 16. The first-order chi connectivity index (χ1) is 32.7. The van der Waals surface area contributed by atoms with Crippen LogP contribution in [0.1, 0.15) is 51.9 Å². The summed E-state index contributed by atoms with van der Waals surface area (Å²) in [5, 5.41) is 16.0. The third kappa shape index (κ3) is 15.8. The van der Waals surface area contributed by atoms with Gasteiger partial charge in [-0.25, -0.2) is 4.79 Å². The van der Waals surface area contributed by atoms with Crippen LogP contribution in [0.4, 0.5) is 17.1 Å². The van der Waals surface area contributed by atoms with Gasteiger partial charge in [0.05, 0.1) is 111 Å². The van der Waals surface area contributed by atoms with Gasteiger partial charge in [-0.1, -0.05) is 18.2 Å². The predicted molar refractivity (Wildman–Crippen MR) is 255 cm³/mol. The highest BCUT2D eigenvalue weighted by molar-refractivity contribution is 7.80. The fourth-order valence-electron chi connectivity index (χ4n) is 7.36. The second-order valence-electron chi connectivity index (χ2n) is 15.5. The van der Waals surface area contributed by atoms with Crippen molar-refractivity contribution in [2.75, 3.05) is 129 Å². The summed E-state index contributed by atoms with van der Waals surface area (Å²) in [5.41, 5.74) is 16.1. The van der Waals surface area contributed by atoms with E-state index in [1.54, 1.807) is 42.5 Å². The lowest BCUT2D eigenvalue weighted by molar-refractivity contribution is -0.120. The Labute approximate surface area is 396 Å². The molecule has 0 radical (unpaired) electrons. The van der Waals surface area contributed by atoms with Crippen molar-refractivity contribution in [3.8, 4) is 17.2 Å². The molecule has 0 atom stereocenters. The molecule has 0 fully saturated rings. The van der Waals surface area contributed by atoms with E-state index < -0.39 is 11.6 Å². The van der Waals surface area contributed by atoms with Crippen molar-refractivity contribution < 1.29 is 62.1 Å². The fourth-order valence-corrected chi connectivity index (χ4v) is 7.58. The number of nitrogens with one attached hydrogen (secondary N) is 2. The number of esters is 1. The number of aromatic hydroxyl groups is 1. The minimum absolute atomic E-state index is 0.185. The van der Waals surface area contributed by atoms with Gasteiger partial charge < -0.3 is 74.6 Å². The van der Waals surface area contributed by atoms with Gasteiger partial charge in [0.2, 0.25) is 0 Å². The molecule has 6 rings (SSSR count). The third-order valence-electron chi connectivity index (χ3n) is 10.6. The molecule has 0 amide bonds. The van der Waals surface area contributed by atoms with E-state index in [4.69, 9.17) is 71.1 Å². The number of fused-ring (bicyclic) bond motifs is 6. The summed E-state index contributed by atoms with van der Waals surface area (Å²) in [5.74, 6) is 0.934. The average molecular weight is 947 g/mol. The highest BCUT2D eigenvalue weighted by atomic mass is 32.1. The Kier molecular flexibility index (Phi) is 20.9. The first kappa shape index (κ1) is 51.0. The van der Waals surface area contributed by atoms with E-state index in [-0.39, 0.29) is 11.5 Å². The summed E-state index contributed by atoms with van der Waals surface area (Å²) < 4.78 is 56.7. The zero-order valence-electron chi connectivity index (χ0n) is 37.8. The predicted octanol–water partition coefficient (Wildman–Crippen LogP) is 5.53. The lowest BCUT2D eigenvalue weighted by atomic mass is 9.77. The van der Waals surface area contributed by atoms with Crippen LogP contribution >= 0.6 is 12.2 Å². The molecule has 7 N–H and O–H groups in total. The first-order valence-electron chi connectivity index (χ1n) is 22.5. The van der Waals surface area contributed by atoms with Crippen LogP contribution in [-0.2, 0) is 59.4 Å². The Morgan fingerprint density at radius 2 is 1.07 bits per heavy atom. The second-order valence-corrected chi connectivity index (χ2v) is 15.9. The highest BCUT2D eigenvalue weighted by Crippen LogP contribution is 2.56. The molecule has 0 unspecified atom stereocenters. The molecular formula is C49H62N4O13S. The maximum Gasteiger partial charge on any atom is 0.340 e. The molecule has 18 heteroatoms. The summed E-state index contributed by atoms with van der Waals surface area (Å²) in [6.07, 6.45) is 2.51. The van der Waals surface area contributed by atoms with Crippen LogP contribution in [0.2, 0.25) is 0 Å². The van der Waals surface area contributed by atoms with E-state index in [1.165, 1.54) is 0 Å². The molecule has 362 valence electrons. The minimum Gasteiger partial charge on any atom is -0.508 e. The molecule has 2 aliphatic rings. The number of aryl methyl sites for hydroxylation is 1. The molecule has 17 nitrogen and oxygen atoms in total. The van der Waals surface area contributed by atoms with Crippen LogP contribution in [0.25, 0.3) is 0 Å².